The number of carbonyl (C=O) groups excluding carboxylic acids is 2. The number of thiophene rings is 1. The minimum atomic E-state index is -0.485. The average Bonchev–Trinajstić information content (AvgIpc) is 3.40. The second-order valence-electron chi connectivity index (χ2n) is 7.22. The summed E-state index contributed by atoms with van der Waals surface area (Å²) in [6.07, 6.45) is 5.35. The van der Waals surface area contributed by atoms with Crippen molar-refractivity contribution in [3.8, 4) is 22.3 Å². The fourth-order valence-electron chi connectivity index (χ4n) is 3.25. The van der Waals surface area contributed by atoms with Gasteiger partial charge in [0.15, 0.2) is 0 Å². The summed E-state index contributed by atoms with van der Waals surface area (Å²) >= 11 is 1.25. The van der Waals surface area contributed by atoms with E-state index in [1.54, 1.807) is 42.1 Å². The fourth-order valence-corrected chi connectivity index (χ4v) is 4.19. The van der Waals surface area contributed by atoms with Gasteiger partial charge >= 0.3 is 0 Å². The van der Waals surface area contributed by atoms with Crippen LogP contribution in [-0.2, 0) is 11.3 Å². The van der Waals surface area contributed by atoms with Crippen molar-refractivity contribution in [1.29, 1.82) is 0 Å². The number of nitrogen functional groups attached to an aromatic ring is 1. The molecule has 8 nitrogen and oxygen atoms in total. The van der Waals surface area contributed by atoms with Gasteiger partial charge < -0.3 is 16.4 Å². The Bertz CT molecular complexity index is 1330. The molecule has 4 N–H and O–H groups in total. The maximum atomic E-state index is 11.6. The molecule has 156 valence electrons. The fraction of sp³-hybridized carbons (Fsp3) is 0.136. The van der Waals surface area contributed by atoms with Crippen LogP contribution in [0.4, 0.5) is 5.82 Å². The number of fused-ring (bicyclic) bond motifs is 1. The molecule has 1 aromatic carbocycles. The lowest BCUT2D eigenvalue weighted by Crippen LogP contribution is -2.17. The Kier molecular flexibility index (Phi) is 5.29. The number of benzene rings is 1. The van der Waals surface area contributed by atoms with Crippen molar-refractivity contribution in [3.05, 3.63) is 59.5 Å². The van der Waals surface area contributed by atoms with Crippen molar-refractivity contribution in [3.63, 3.8) is 0 Å². The largest absolute Gasteiger partial charge is 0.383 e. The van der Waals surface area contributed by atoms with Crippen LogP contribution < -0.4 is 11.5 Å². The number of primary amides is 1. The lowest BCUT2D eigenvalue weighted by Gasteiger charge is -2.12. The number of anilines is 1. The maximum Gasteiger partial charge on any atom is 0.258 e. The summed E-state index contributed by atoms with van der Waals surface area (Å²) < 4.78 is 2.45. The molecule has 1 amide bonds. The van der Waals surface area contributed by atoms with Crippen LogP contribution in [0.5, 0.6) is 0 Å². The molecule has 4 rings (SSSR count). The molecule has 31 heavy (non-hydrogen) atoms. The Morgan fingerprint density at radius 1 is 1.16 bits per heavy atom. The highest BCUT2D eigenvalue weighted by Crippen LogP contribution is 2.37. The Morgan fingerprint density at radius 3 is 2.52 bits per heavy atom. The number of nitrogens with zero attached hydrogens (tertiary/aromatic N) is 4. The van der Waals surface area contributed by atoms with Gasteiger partial charge in [0.2, 0.25) is 0 Å². The lowest BCUT2D eigenvalue weighted by molar-refractivity contribution is 0.100. The number of allylic oxidation sites excluding steroid dienone is 1. The molecule has 9 heteroatoms. The molecule has 3 heterocycles. The minimum absolute atomic E-state index is 0.351. The van der Waals surface area contributed by atoms with E-state index in [0.29, 0.717) is 22.9 Å². The first-order valence-corrected chi connectivity index (χ1v) is 10.2. The van der Waals surface area contributed by atoms with Crippen molar-refractivity contribution < 1.29 is 9.59 Å². The number of hydrogen-bond donors (Lipinski definition) is 2. The van der Waals surface area contributed by atoms with Gasteiger partial charge in [-0.25, -0.2) is 9.78 Å². The zero-order chi connectivity index (χ0) is 22.1. The third-order valence-corrected chi connectivity index (χ3v) is 6.13. The topological polar surface area (TPSA) is 120 Å². The monoisotopic (exact) mass is 432 g/mol. The number of hydrogen-bond acceptors (Lipinski definition) is 7. The summed E-state index contributed by atoms with van der Waals surface area (Å²) in [6.45, 7) is 0.351. The summed E-state index contributed by atoms with van der Waals surface area (Å²) in [4.78, 5) is 29.1. The van der Waals surface area contributed by atoms with Crippen molar-refractivity contribution in [2.45, 2.75) is 6.54 Å². The first kappa shape index (κ1) is 20.3. The van der Waals surface area contributed by atoms with Crippen molar-refractivity contribution in [2.75, 3.05) is 19.8 Å². The molecule has 0 aliphatic rings. The summed E-state index contributed by atoms with van der Waals surface area (Å²) in [5, 5.41) is 5.19. The van der Waals surface area contributed by atoms with Crippen LogP contribution in [0.15, 0.2) is 54.6 Å². The molecule has 0 bridgehead atoms. The predicted molar refractivity (Wildman–Crippen MR) is 122 cm³/mol. The predicted octanol–water partition coefficient (Wildman–Crippen LogP) is 2.79. The van der Waals surface area contributed by atoms with Crippen LogP contribution in [0.1, 0.15) is 9.67 Å². The quantitative estimate of drug-likeness (QED) is 0.452. The van der Waals surface area contributed by atoms with Crippen LogP contribution in [0.2, 0.25) is 0 Å². The third kappa shape index (κ3) is 3.92. The molecule has 0 spiro atoms. The summed E-state index contributed by atoms with van der Waals surface area (Å²) in [6, 6.07) is 9.71. The van der Waals surface area contributed by atoms with E-state index in [2.05, 4.69) is 10.1 Å². The minimum Gasteiger partial charge on any atom is -0.383 e. The van der Waals surface area contributed by atoms with E-state index in [9.17, 15) is 9.59 Å². The summed E-state index contributed by atoms with van der Waals surface area (Å²) in [5.41, 5.74) is 15.7. The van der Waals surface area contributed by atoms with Crippen LogP contribution >= 0.6 is 11.3 Å². The molecule has 0 saturated heterocycles. The number of carbonyl (C=O) groups is 1. The van der Waals surface area contributed by atoms with E-state index in [0.717, 1.165) is 32.3 Å². The second kappa shape index (κ2) is 8.06. The average molecular weight is 433 g/mol. The van der Waals surface area contributed by atoms with Gasteiger partial charge in [0, 0.05) is 43.0 Å². The van der Waals surface area contributed by atoms with E-state index in [1.807, 2.05) is 36.4 Å². The zero-order valence-corrected chi connectivity index (χ0v) is 17.8. The van der Waals surface area contributed by atoms with Gasteiger partial charge in [-0.3, -0.25) is 9.48 Å². The van der Waals surface area contributed by atoms with Crippen LogP contribution in [0.3, 0.4) is 0 Å². The number of rotatable bonds is 6. The van der Waals surface area contributed by atoms with E-state index in [4.69, 9.17) is 11.5 Å². The standard InChI is InChI=1S/C22H20N6O2S/c1-27(2)16(12-29)11-28-10-15(8-26-28)13-3-5-14(6-4-13)18-9-25-21(23)20-17(18)7-19(31-20)22(24)30/h3-10H,11H2,1-2H3,(H2,23,25)(H2,24,30). The highest BCUT2D eigenvalue weighted by Gasteiger charge is 2.14. The SMILES string of the molecule is CN(C)C(=C=O)Cn1cc(-c2ccc(-c3cnc(N)c4sc(C(N)=O)cc34)cc2)cn1. The molecular formula is C22H20N6O2S. The smallest absolute Gasteiger partial charge is 0.258 e. The van der Waals surface area contributed by atoms with Gasteiger partial charge in [-0.2, -0.15) is 5.10 Å². The molecule has 0 aliphatic carbocycles. The van der Waals surface area contributed by atoms with E-state index >= 15 is 0 Å². The van der Waals surface area contributed by atoms with E-state index in [-0.39, 0.29) is 0 Å². The number of aromatic nitrogens is 3. The number of amides is 1. The normalized spacial score (nSPS) is 10.8. The molecule has 0 aliphatic heterocycles. The highest BCUT2D eigenvalue weighted by atomic mass is 32.1. The molecule has 0 radical (unpaired) electrons. The molecule has 3 aromatic heterocycles. The molecule has 0 unspecified atom stereocenters. The van der Waals surface area contributed by atoms with Crippen molar-refractivity contribution in [2.24, 2.45) is 5.73 Å². The Hall–Kier alpha value is -3.94. The maximum absolute atomic E-state index is 11.6. The van der Waals surface area contributed by atoms with Crippen molar-refractivity contribution in [1.82, 2.24) is 19.7 Å². The Labute approximate surface area is 182 Å². The number of likely N-dealkylation sites (N-methyl/N-ethyl adjacent to an activating group) is 1. The van der Waals surface area contributed by atoms with Gasteiger partial charge in [0.25, 0.3) is 5.91 Å². The molecule has 0 fully saturated rings. The van der Waals surface area contributed by atoms with E-state index < -0.39 is 5.91 Å². The second-order valence-corrected chi connectivity index (χ2v) is 8.27. The number of nitrogens with two attached hydrogens (primary N) is 2. The molecular weight excluding hydrogens is 412 g/mol. The summed E-state index contributed by atoms with van der Waals surface area (Å²) in [5.74, 6) is 1.83. The van der Waals surface area contributed by atoms with Crippen LogP contribution in [0, 0.1) is 0 Å². The first-order chi connectivity index (χ1) is 14.9. The number of pyridine rings is 1. The Balaban J connectivity index is 1.65. The van der Waals surface area contributed by atoms with Crippen LogP contribution in [0.25, 0.3) is 32.3 Å². The molecule has 4 aromatic rings. The van der Waals surface area contributed by atoms with Gasteiger partial charge in [-0.1, -0.05) is 24.3 Å². The molecule has 0 atom stereocenters. The highest BCUT2D eigenvalue weighted by molar-refractivity contribution is 7.21. The third-order valence-electron chi connectivity index (χ3n) is 4.96. The van der Waals surface area contributed by atoms with Gasteiger partial charge in [-0.05, 0) is 17.2 Å². The van der Waals surface area contributed by atoms with Crippen molar-refractivity contribution >= 4 is 39.1 Å². The van der Waals surface area contributed by atoms with Crippen LogP contribution in [-0.4, -0.2) is 45.6 Å². The van der Waals surface area contributed by atoms with Gasteiger partial charge in [-0.15, -0.1) is 11.3 Å². The zero-order valence-electron chi connectivity index (χ0n) is 17.0. The van der Waals surface area contributed by atoms with Gasteiger partial charge in [0.1, 0.15) is 17.5 Å². The Morgan fingerprint density at radius 2 is 1.87 bits per heavy atom. The van der Waals surface area contributed by atoms with E-state index in [1.165, 1.54) is 11.3 Å². The van der Waals surface area contributed by atoms with Gasteiger partial charge in [0.05, 0.1) is 22.3 Å². The molecule has 0 saturated carbocycles. The first-order valence-electron chi connectivity index (χ1n) is 9.39. The lowest BCUT2D eigenvalue weighted by atomic mass is 10.0. The summed E-state index contributed by atoms with van der Waals surface area (Å²) in [7, 11) is 3.60.